The number of nitrogens with zero attached hydrogens (tertiary/aromatic N) is 1. The second-order valence-electron chi connectivity index (χ2n) is 5.47. The first-order valence-electron chi connectivity index (χ1n) is 7.17. The Morgan fingerprint density at radius 2 is 2.25 bits per heavy atom. The zero-order valence-corrected chi connectivity index (χ0v) is 12.1. The van der Waals surface area contributed by atoms with Gasteiger partial charge < -0.3 is 20.5 Å². The molecule has 0 spiro atoms. The van der Waals surface area contributed by atoms with Crippen molar-refractivity contribution in [1.82, 2.24) is 0 Å². The monoisotopic (exact) mass is 282 g/mol. The van der Waals surface area contributed by atoms with Crippen molar-refractivity contribution in [1.29, 1.82) is 0 Å². The number of hydrogen-bond acceptors (Lipinski definition) is 4. The van der Waals surface area contributed by atoms with Crippen LogP contribution in [0.3, 0.4) is 0 Å². The molecule has 1 aliphatic rings. The van der Waals surface area contributed by atoms with Crippen LogP contribution in [0.1, 0.15) is 26.7 Å². The number of aliphatic hydroxyl groups is 1. The molecule has 0 aliphatic carbocycles. The quantitative estimate of drug-likeness (QED) is 0.833. The Hall–Kier alpha value is -1.49. The van der Waals surface area contributed by atoms with Crippen molar-refractivity contribution >= 4 is 11.4 Å². The smallest absolute Gasteiger partial charge is 0.167 e. The Bertz CT molecular complexity index is 467. The van der Waals surface area contributed by atoms with E-state index in [1.807, 2.05) is 13.8 Å². The number of nitrogens with two attached hydrogens (primary N) is 1. The summed E-state index contributed by atoms with van der Waals surface area (Å²) >= 11 is 0. The summed E-state index contributed by atoms with van der Waals surface area (Å²) in [5, 5.41) is 9.78. The molecule has 0 bridgehead atoms. The van der Waals surface area contributed by atoms with Gasteiger partial charge in [-0.2, -0.15) is 0 Å². The molecule has 0 aromatic heterocycles. The molecule has 1 heterocycles. The Labute approximate surface area is 119 Å². The van der Waals surface area contributed by atoms with Crippen LogP contribution < -0.4 is 15.4 Å². The molecule has 1 fully saturated rings. The van der Waals surface area contributed by atoms with Crippen LogP contribution >= 0.6 is 0 Å². The van der Waals surface area contributed by atoms with Crippen molar-refractivity contribution in [2.75, 3.05) is 30.3 Å². The number of aliphatic hydroxyl groups excluding tert-OH is 1. The van der Waals surface area contributed by atoms with Gasteiger partial charge in [0.25, 0.3) is 0 Å². The first-order chi connectivity index (χ1) is 9.52. The first kappa shape index (κ1) is 14.9. The predicted molar refractivity (Wildman–Crippen MR) is 78.6 cm³/mol. The lowest BCUT2D eigenvalue weighted by Crippen LogP contribution is -2.42. The average molecular weight is 282 g/mol. The van der Waals surface area contributed by atoms with Crippen LogP contribution in [-0.2, 0) is 0 Å². The molecule has 5 heteroatoms. The van der Waals surface area contributed by atoms with E-state index in [4.69, 9.17) is 10.5 Å². The zero-order chi connectivity index (χ0) is 14.7. The van der Waals surface area contributed by atoms with E-state index in [-0.39, 0.29) is 17.8 Å². The van der Waals surface area contributed by atoms with E-state index in [2.05, 4.69) is 4.90 Å². The summed E-state index contributed by atoms with van der Waals surface area (Å²) in [5.74, 6) is -0.00664. The SMILES string of the molecule is CCCOc1cc(N2CCC(O)C(C)C2)c(N)cc1F. The van der Waals surface area contributed by atoms with Crippen LogP contribution in [0.2, 0.25) is 0 Å². The van der Waals surface area contributed by atoms with Crippen molar-refractivity contribution in [2.24, 2.45) is 5.92 Å². The lowest BCUT2D eigenvalue weighted by Gasteiger charge is -2.36. The number of nitrogen functional groups attached to an aromatic ring is 1. The molecule has 1 aliphatic heterocycles. The van der Waals surface area contributed by atoms with E-state index in [1.54, 1.807) is 6.07 Å². The molecule has 0 saturated carbocycles. The summed E-state index contributed by atoms with van der Waals surface area (Å²) < 4.78 is 19.2. The largest absolute Gasteiger partial charge is 0.490 e. The molecular formula is C15H23FN2O2. The molecule has 1 aromatic rings. The van der Waals surface area contributed by atoms with E-state index < -0.39 is 5.82 Å². The fourth-order valence-corrected chi connectivity index (χ4v) is 2.51. The van der Waals surface area contributed by atoms with E-state index in [9.17, 15) is 9.50 Å². The van der Waals surface area contributed by atoms with Gasteiger partial charge in [-0.3, -0.25) is 0 Å². The second-order valence-corrected chi connectivity index (χ2v) is 5.47. The molecule has 2 atom stereocenters. The Balaban J connectivity index is 2.22. The summed E-state index contributed by atoms with van der Waals surface area (Å²) in [6.45, 7) is 5.89. The van der Waals surface area contributed by atoms with E-state index >= 15 is 0 Å². The van der Waals surface area contributed by atoms with Crippen LogP contribution in [-0.4, -0.2) is 30.9 Å². The summed E-state index contributed by atoms with van der Waals surface area (Å²) in [6, 6.07) is 2.99. The highest BCUT2D eigenvalue weighted by Crippen LogP contribution is 2.33. The number of ether oxygens (including phenoxy) is 1. The van der Waals surface area contributed by atoms with Crippen molar-refractivity contribution in [3.8, 4) is 5.75 Å². The highest BCUT2D eigenvalue weighted by Gasteiger charge is 2.26. The van der Waals surface area contributed by atoms with Gasteiger partial charge in [0.15, 0.2) is 11.6 Å². The van der Waals surface area contributed by atoms with Gasteiger partial charge in [-0.1, -0.05) is 13.8 Å². The highest BCUT2D eigenvalue weighted by molar-refractivity contribution is 5.70. The lowest BCUT2D eigenvalue weighted by atomic mass is 9.96. The predicted octanol–water partition coefficient (Wildman–Crippen LogP) is 2.40. The fourth-order valence-electron chi connectivity index (χ4n) is 2.51. The standard InChI is InChI=1S/C15H23FN2O2/c1-3-6-20-15-8-13(12(17)7-11(15)16)18-5-4-14(19)10(2)9-18/h7-8,10,14,19H,3-6,9,17H2,1-2H3. The normalized spacial score (nSPS) is 22.9. The third-order valence-electron chi connectivity index (χ3n) is 3.74. The van der Waals surface area contributed by atoms with Crippen LogP contribution in [0.15, 0.2) is 12.1 Å². The van der Waals surface area contributed by atoms with Crippen LogP contribution in [0.5, 0.6) is 5.75 Å². The number of rotatable bonds is 4. The third kappa shape index (κ3) is 3.15. The Morgan fingerprint density at radius 3 is 2.90 bits per heavy atom. The van der Waals surface area contributed by atoms with Gasteiger partial charge in [0.1, 0.15) is 0 Å². The topological polar surface area (TPSA) is 58.7 Å². The molecule has 1 aromatic carbocycles. The molecule has 2 unspecified atom stereocenters. The van der Waals surface area contributed by atoms with Crippen LogP contribution in [0, 0.1) is 11.7 Å². The van der Waals surface area contributed by atoms with Gasteiger partial charge in [0, 0.05) is 25.2 Å². The van der Waals surface area contributed by atoms with Crippen LogP contribution in [0.4, 0.5) is 15.8 Å². The minimum absolute atomic E-state index is 0.174. The number of benzene rings is 1. The Kier molecular flexibility index (Phi) is 4.70. The van der Waals surface area contributed by atoms with Gasteiger partial charge in [-0.25, -0.2) is 4.39 Å². The molecule has 0 radical (unpaired) electrons. The van der Waals surface area contributed by atoms with Gasteiger partial charge in [-0.05, 0) is 18.8 Å². The molecule has 112 valence electrons. The molecule has 3 N–H and O–H groups in total. The third-order valence-corrected chi connectivity index (χ3v) is 3.74. The number of piperidine rings is 1. The molecule has 0 amide bonds. The van der Waals surface area contributed by atoms with Gasteiger partial charge in [0.2, 0.25) is 0 Å². The second kappa shape index (κ2) is 6.31. The van der Waals surface area contributed by atoms with E-state index in [0.717, 1.165) is 12.1 Å². The van der Waals surface area contributed by atoms with Gasteiger partial charge in [0.05, 0.1) is 24.1 Å². The summed E-state index contributed by atoms with van der Waals surface area (Å²) in [6.07, 6.45) is 1.25. The molecular weight excluding hydrogens is 259 g/mol. The maximum atomic E-state index is 13.8. The summed E-state index contributed by atoms with van der Waals surface area (Å²) in [5.41, 5.74) is 7.13. The van der Waals surface area contributed by atoms with Crippen molar-refractivity contribution in [2.45, 2.75) is 32.8 Å². The zero-order valence-electron chi connectivity index (χ0n) is 12.1. The summed E-state index contributed by atoms with van der Waals surface area (Å²) in [7, 11) is 0. The van der Waals surface area contributed by atoms with Crippen LogP contribution in [0.25, 0.3) is 0 Å². The van der Waals surface area contributed by atoms with E-state index in [0.29, 0.717) is 31.8 Å². The van der Waals surface area contributed by atoms with Crippen molar-refractivity contribution in [3.05, 3.63) is 17.9 Å². The van der Waals surface area contributed by atoms with E-state index in [1.165, 1.54) is 6.07 Å². The first-order valence-corrected chi connectivity index (χ1v) is 7.17. The van der Waals surface area contributed by atoms with Crippen molar-refractivity contribution in [3.63, 3.8) is 0 Å². The van der Waals surface area contributed by atoms with Gasteiger partial charge >= 0.3 is 0 Å². The minimum atomic E-state index is -0.426. The molecule has 1 saturated heterocycles. The lowest BCUT2D eigenvalue weighted by molar-refractivity contribution is 0.0971. The fraction of sp³-hybridized carbons (Fsp3) is 0.600. The average Bonchev–Trinajstić information content (AvgIpc) is 2.41. The minimum Gasteiger partial charge on any atom is -0.490 e. The molecule has 20 heavy (non-hydrogen) atoms. The molecule has 4 nitrogen and oxygen atoms in total. The number of halogens is 1. The number of hydrogen-bond donors (Lipinski definition) is 2. The molecule has 2 rings (SSSR count). The maximum Gasteiger partial charge on any atom is 0.167 e. The highest BCUT2D eigenvalue weighted by atomic mass is 19.1. The Morgan fingerprint density at radius 1 is 1.50 bits per heavy atom. The van der Waals surface area contributed by atoms with Crippen molar-refractivity contribution < 1.29 is 14.2 Å². The van der Waals surface area contributed by atoms with Gasteiger partial charge in [-0.15, -0.1) is 0 Å². The summed E-state index contributed by atoms with van der Waals surface area (Å²) in [4.78, 5) is 2.09. The number of anilines is 2. The maximum absolute atomic E-state index is 13.8.